The van der Waals surface area contributed by atoms with Gasteiger partial charge in [0, 0.05) is 0 Å². The standard InChI is InChI=1S/C12H21N5O7/c1-5(12(23)24)15-10(21)6(2-8(14)19)17-11(22)7(4-18)16-9(20)3-13/h5-7,18H,2-4,13H2,1H3,(H2,14,19)(H,15,21)(H,16,20)(H,17,22)(H,23,24). The van der Waals surface area contributed by atoms with Gasteiger partial charge in [0.25, 0.3) is 0 Å². The number of amides is 4. The van der Waals surface area contributed by atoms with E-state index in [4.69, 9.17) is 21.7 Å². The van der Waals surface area contributed by atoms with Crippen LogP contribution in [-0.2, 0) is 24.0 Å². The maximum absolute atomic E-state index is 12.0. The predicted molar refractivity (Wildman–Crippen MR) is 79.1 cm³/mol. The van der Waals surface area contributed by atoms with Gasteiger partial charge < -0.3 is 37.6 Å². The number of aliphatic hydroxyl groups excluding tert-OH is 1. The summed E-state index contributed by atoms with van der Waals surface area (Å²) in [5.74, 6) is -4.90. The molecule has 0 rings (SSSR count). The molecule has 0 saturated heterocycles. The number of aliphatic carboxylic acids is 1. The number of nitrogens with one attached hydrogen (secondary N) is 3. The Kier molecular flexibility index (Phi) is 8.97. The lowest BCUT2D eigenvalue weighted by atomic mass is 10.1. The van der Waals surface area contributed by atoms with E-state index in [-0.39, 0.29) is 0 Å². The molecule has 0 fully saturated rings. The highest BCUT2D eigenvalue weighted by molar-refractivity contribution is 5.95. The van der Waals surface area contributed by atoms with Crippen molar-refractivity contribution in [2.75, 3.05) is 13.2 Å². The number of nitrogens with two attached hydrogens (primary N) is 2. The van der Waals surface area contributed by atoms with E-state index in [0.717, 1.165) is 0 Å². The van der Waals surface area contributed by atoms with Gasteiger partial charge in [-0.05, 0) is 6.92 Å². The molecule has 0 aliphatic carbocycles. The number of carboxylic acid groups (broad SMARTS) is 1. The van der Waals surface area contributed by atoms with Crippen LogP contribution in [-0.4, -0.2) is 71.1 Å². The highest BCUT2D eigenvalue weighted by Gasteiger charge is 2.29. The molecule has 12 heteroatoms. The fourth-order valence-corrected chi connectivity index (χ4v) is 1.51. The van der Waals surface area contributed by atoms with Crippen molar-refractivity contribution in [2.24, 2.45) is 11.5 Å². The van der Waals surface area contributed by atoms with E-state index in [9.17, 15) is 24.0 Å². The van der Waals surface area contributed by atoms with Crippen LogP contribution >= 0.6 is 0 Å². The van der Waals surface area contributed by atoms with Gasteiger partial charge in [0.1, 0.15) is 18.1 Å². The number of rotatable bonds is 10. The summed E-state index contributed by atoms with van der Waals surface area (Å²) in [7, 11) is 0. The molecular weight excluding hydrogens is 326 g/mol. The second-order valence-corrected chi connectivity index (χ2v) is 4.81. The SMILES string of the molecule is CC(NC(=O)C(CC(N)=O)NC(=O)C(CO)NC(=O)CN)C(=O)O. The Bertz CT molecular complexity index is 510. The van der Waals surface area contributed by atoms with Gasteiger partial charge in [-0.3, -0.25) is 24.0 Å². The minimum atomic E-state index is -1.47. The van der Waals surface area contributed by atoms with Crippen molar-refractivity contribution in [3.8, 4) is 0 Å². The van der Waals surface area contributed by atoms with Crippen LogP contribution in [0.25, 0.3) is 0 Å². The van der Waals surface area contributed by atoms with E-state index in [1.807, 2.05) is 0 Å². The first kappa shape index (κ1) is 21.3. The first-order valence-corrected chi connectivity index (χ1v) is 6.84. The number of hydrogen-bond acceptors (Lipinski definition) is 7. The third-order valence-corrected chi connectivity index (χ3v) is 2.79. The van der Waals surface area contributed by atoms with Gasteiger partial charge in [-0.1, -0.05) is 0 Å². The molecule has 0 aliphatic heterocycles. The van der Waals surface area contributed by atoms with Gasteiger partial charge in [0.2, 0.25) is 23.6 Å². The van der Waals surface area contributed by atoms with Crippen molar-refractivity contribution in [3.63, 3.8) is 0 Å². The smallest absolute Gasteiger partial charge is 0.325 e. The van der Waals surface area contributed by atoms with Gasteiger partial charge in [-0.15, -0.1) is 0 Å². The Morgan fingerprint density at radius 3 is 1.96 bits per heavy atom. The van der Waals surface area contributed by atoms with Crippen molar-refractivity contribution in [3.05, 3.63) is 0 Å². The fourth-order valence-electron chi connectivity index (χ4n) is 1.51. The maximum atomic E-state index is 12.0. The van der Waals surface area contributed by atoms with Gasteiger partial charge in [0.05, 0.1) is 19.6 Å². The number of primary amides is 1. The topological polar surface area (TPSA) is 214 Å². The summed E-state index contributed by atoms with van der Waals surface area (Å²) >= 11 is 0. The van der Waals surface area contributed by atoms with Crippen LogP contribution in [0.4, 0.5) is 0 Å². The second kappa shape index (κ2) is 10.1. The maximum Gasteiger partial charge on any atom is 0.325 e. The van der Waals surface area contributed by atoms with E-state index in [1.54, 1.807) is 0 Å². The Balaban J connectivity index is 5.01. The molecule has 0 radical (unpaired) electrons. The lowest BCUT2D eigenvalue weighted by Gasteiger charge is -2.22. The zero-order chi connectivity index (χ0) is 18.9. The lowest BCUT2D eigenvalue weighted by Crippen LogP contribution is -2.57. The third kappa shape index (κ3) is 7.51. The summed E-state index contributed by atoms with van der Waals surface area (Å²) < 4.78 is 0. The summed E-state index contributed by atoms with van der Waals surface area (Å²) in [4.78, 5) is 56.8. The Morgan fingerprint density at radius 1 is 1.00 bits per heavy atom. The summed E-state index contributed by atoms with van der Waals surface area (Å²) in [6, 6.07) is -4.14. The highest BCUT2D eigenvalue weighted by atomic mass is 16.4. The first-order chi connectivity index (χ1) is 11.1. The Labute approximate surface area is 136 Å². The normalized spacial score (nSPS) is 14.0. The van der Waals surface area contributed by atoms with Crippen LogP contribution in [0, 0.1) is 0 Å². The second-order valence-electron chi connectivity index (χ2n) is 4.81. The molecule has 3 unspecified atom stereocenters. The summed E-state index contributed by atoms with van der Waals surface area (Å²) in [6.45, 7) is -0.0273. The molecule has 24 heavy (non-hydrogen) atoms. The molecule has 0 heterocycles. The van der Waals surface area contributed by atoms with Crippen LogP contribution in [0.1, 0.15) is 13.3 Å². The minimum absolute atomic E-state index is 0.425. The Hall–Kier alpha value is -2.73. The zero-order valence-corrected chi connectivity index (χ0v) is 12.9. The van der Waals surface area contributed by atoms with E-state index < -0.39 is 67.3 Å². The summed E-state index contributed by atoms with van der Waals surface area (Å²) in [5.41, 5.74) is 10.1. The molecule has 9 N–H and O–H groups in total. The summed E-state index contributed by atoms with van der Waals surface area (Å²) in [5, 5.41) is 24.1. The minimum Gasteiger partial charge on any atom is -0.480 e. The molecule has 0 aromatic rings. The number of hydrogen-bond donors (Lipinski definition) is 7. The van der Waals surface area contributed by atoms with Crippen molar-refractivity contribution >= 4 is 29.6 Å². The van der Waals surface area contributed by atoms with Gasteiger partial charge in [-0.2, -0.15) is 0 Å². The predicted octanol–water partition coefficient (Wildman–Crippen LogP) is -4.63. The molecule has 0 aromatic heterocycles. The molecule has 0 aliphatic rings. The van der Waals surface area contributed by atoms with Crippen LogP contribution in [0.2, 0.25) is 0 Å². The van der Waals surface area contributed by atoms with Gasteiger partial charge in [-0.25, -0.2) is 0 Å². The van der Waals surface area contributed by atoms with Crippen LogP contribution in [0.3, 0.4) is 0 Å². The molecule has 0 aromatic carbocycles. The molecule has 136 valence electrons. The molecule has 0 bridgehead atoms. The van der Waals surface area contributed by atoms with E-state index in [2.05, 4.69) is 16.0 Å². The first-order valence-electron chi connectivity index (χ1n) is 6.84. The monoisotopic (exact) mass is 347 g/mol. The van der Waals surface area contributed by atoms with E-state index >= 15 is 0 Å². The molecule has 3 atom stereocenters. The Morgan fingerprint density at radius 2 is 1.54 bits per heavy atom. The molecule has 12 nitrogen and oxygen atoms in total. The van der Waals surface area contributed by atoms with E-state index in [1.165, 1.54) is 6.92 Å². The number of carbonyl (C=O) groups excluding carboxylic acids is 4. The lowest BCUT2D eigenvalue weighted by molar-refractivity contribution is -0.142. The number of carbonyl (C=O) groups is 5. The average Bonchev–Trinajstić information content (AvgIpc) is 2.50. The van der Waals surface area contributed by atoms with Crippen molar-refractivity contribution < 1.29 is 34.2 Å². The summed E-state index contributed by atoms with van der Waals surface area (Å²) in [6.07, 6.45) is -0.604. The molecular formula is C12H21N5O7. The van der Waals surface area contributed by atoms with E-state index in [0.29, 0.717) is 0 Å². The zero-order valence-electron chi connectivity index (χ0n) is 12.9. The van der Waals surface area contributed by atoms with Gasteiger partial charge in [0.15, 0.2) is 0 Å². The highest BCUT2D eigenvalue weighted by Crippen LogP contribution is 1.96. The van der Waals surface area contributed by atoms with Crippen molar-refractivity contribution in [1.29, 1.82) is 0 Å². The molecule has 0 spiro atoms. The fraction of sp³-hybridized carbons (Fsp3) is 0.583. The number of aliphatic hydroxyl groups is 1. The quantitative estimate of drug-likeness (QED) is 0.203. The van der Waals surface area contributed by atoms with Crippen molar-refractivity contribution in [2.45, 2.75) is 31.5 Å². The average molecular weight is 347 g/mol. The molecule has 4 amide bonds. The molecule has 0 saturated carbocycles. The van der Waals surface area contributed by atoms with Crippen LogP contribution < -0.4 is 27.4 Å². The van der Waals surface area contributed by atoms with Crippen LogP contribution in [0.5, 0.6) is 0 Å². The largest absolute Gasteiger partial charge is 0.480 e. The number of carboxylic acids is 1. The van der Waals surface area contributed by atoms with Crippen molar-refractivity contribution in [1.82, 2.24) is 16.0 Å². The third-order valence-electron chi connectivity index (χ3n) is 2.79. The van der Waals surface area contributed by atoms with Crippen LogP contribution in [0.15, 0.2) is 0 Å². The van der Waals surface area contributed by atoms with Gasteiger partial charge >= 0.3 is 5.97 Å².